The first-order valence-electron chi connectivity index (χ1n) is 13.4. The highest BCUT2D eigenvalue weighted by molar-refractivity contribution is 7.25. The molecule has 39 heavy (non-hydrogen) atoms. The molecule has 0 saturated carbocycles. The Morgan fingerprint density at radius 2 is 0.923 bits per heavy atom. The van der Waals surface area contributed by atoms with Crippen LogP contribution in [0.4, 0.5) is 0 Å². The maximum atomic E-state index is 2.41. The van der Waals surface area contributed by atoms with Gasteiger partial charge in [-0.3, -0.25) is 0 Å². The van der Waals surface area contributed by atoms with Crippen molar-refractivity contribution >= 4 is 53.1 Å². The van der Waals surface area contributed by atoms with Crippen molar-refractivity contribution in [1.29, 1.82) is 0 Å². The van der Waals surface area contributed by atoms with Crippen molar-refractivity contribution in [3.63, 3.8) is 0 Å². The van der Waals surface area contributed by atoms with E-state index in [-0.39, 0.29) is 0 Å². The van der Waals surface area contributed by atoms with E-state index in [2.05, 4.69) is 133 Å². The van der Waals surface area contributed by atoms with Gasteiger partial charge in [-0.15, -0.1) is 11.3 Å². The highest BCUT2D eigenvalue weighted by atomic mass is 32.1. The Labute approximate surface area is 230 Å². The monoisotopic (exact) mass is 510 g/mol. The summed E-state index contributed by atoms with van der Waals surface area (Å²) in [5.41, 5.74) is 10.5. The van der Waals surface area contributed by atoms with E-state index < -0.39 is 0 Å². The molecule has 1 heterocycles. The zero-order valence-electron chi connectivity index (χ0n) is 21.1. The molecule has 1 aliphatic rings. The summed E-state index contributed by atoms with van der Waals surface area (Å²) in [4.78, 5) is 0. The summed E-state index contributed by atoms with van der Waals surface area (Å²) >= 11 is 1.88. The van der Waals surface area contributed by atoms with Crippen LogP contribution >= 0.6 is 11.3 Å². The Bertz CT molecular complexity index is 2250. The lowest BCUT2D eigenvalue weighted by Crippen LogP contribution is -1.83. The second-order valence-corrected chi connectivity index (χ2v) is 11.6. The molecule has 0 radical (unpaired) electrons. The van der Waals surface area contributed by atoms with Crippen LogP contribution in [-0.2, 0) is 0 Å². The first-order valence-corrected chi connectivity index (χ1v) is 14.2. The Morgan fingerprint density at radius 3 is 1.74 bits per heavy atom. The third-order valence-corrected chi connectivity index (χ3v) is 9.56. The highest BCUT2D eigenvalue weighted by Crippen LogP contribution is 2.49. The summed E-state index contributed by atoms with van der Waals surface area (Å²) in [6.07, 6.45) is 0. The standard InChI is InChI=1S/C38H22S/c1-2-7-24-20-25(13-12-23(24)6-1)26-14-18-36-34(21-26)35-22-27(15-19-37(35)39-36)28-16-17-33-30-9-4-3-8-29(30)32-11-5-10-31(28)38(32)33/h1-22H. The molecule has 0 bridgehead atoms. The molecule has 8 aromatic rings. The molecule has 0 spiro atoms. The van der Waals surface area contributed by atoms with Gasteiger partial charge < -0.3 is 0 Å². The Morgan fingerprint density at radius 1 is 0.333 bits per heavy atom. The van der Waals surface area contributed by atoms with Crippen molar-refractivity contribution in [2.24, 2.45) is 0 Å². The smallest absolute Gasteiger partial charge is 0.0355 e. The number of hydrogen-bond donors (Lipinski definition) is 0. The van der Waals surface area contributed by atoms with Crippen molar-refractivity contribution in [2.75, 3.05) is 0 Å². The zero-order chi connectivity index (χ0) is 25.5. The van der Waals surface area contributed by atoms with Crippen molar-refractivity contribution in [3.8, 4) is 44.5 Å². The lowest BCUT2D eigenvalue weighted by atomic mass is 9.93. The molecular formula is C38H22S. The van der Waals surface area contributed by atoms with Gasteiger partial charge >= 0.3 is 0 Å². The predicted molar refractivity (Wildman–Crippen MR) is 170 cm³/mol. The molecule has 1 aliphatic carbocycles. The van der Waals surface area contributed by atoms with E-state index in [0.717, 1.165) is 0 Å². The van der Waals surface area contributed by atoms with Crippen LogP contribution in [0.1, 0.15) is 0 Å². The van der Waals surface area contributed by atoms with E-state index in [0.29, 0.717) is 0 Å². The van der Waals surface area contributed by atoms with Crippen LogP contribution in [0.2, 0.25) is 0 Å². The van der Waals surface area contributed by atoms with Gasteiger partial charge in [0.15, 0.2) is 0 Å². The van der Waals surface area contributed by atoms with E-state index in [4.69, 9.17) is 0 Å². The molecule has 0 fully saturated rings. The minimum Gasteiger partial charge on any atom is -0.135 e. The van der Waals surface area contributed by atoms with Crippen molar-refractivity contribution in [2.45, 2.75) is 0 Å². The lowest BCUT2D eigenvalue weighted by Gasteiger charge is -2.10. The molecule has 0 unspecified atom stereocenters. The summed E-state index contributed by atoms with van der Waals surface area (Å²) in [5.74, 6) is 0. The summed E-state index contributed by atoms with van der Waals surface area (Å²) in [6, 6.07) is 49.5. The Hall–Kier alpha value is -4.72. The van der Waals surface area contributed by atoms with Crippen LogP contribution in [-0.4, -0.2) is 0 Å². The average Bonchev–Trinajstić information content (AvgIpc) is 3.53. The number of benzene rings is 7. The number of rotatable bonds is 2. The van der Waals surface area contributed by atoms with Gasteiger partial charge in [-0.1, -0.05) is 103 Å². The van der Waals surface area contributed by atoms with Crippen LogP contribution in [0.25, 0.3) is 86.2 Å². The molecular weight excluding hydrogens is 488 g/mol. The Kier molecular flexibility index (Phi) is 4.30. The summed E-state index contributed by atoms with van der Waals surface area (Å²) in [6.45, 7) is 0. The normalized spacial score (nSPS) is 12.1. The SMILES string of the molecule is c1ccc2c(c1)-c1cccc3c(-c4ccc5sc6ccc(-c7ccc8ccccc8c7)cc6c5c4)ccc-2c13. The van der Waals surface area contributed by atoms with E-state index in [9.17, 15) is 0 Å². The fourth-order valence-electron chi connectivity index (χ4n) is 6.55. The van der Waals surface area contributed by atoms with E-state index >= 15 is 0 Å². The van der Waals surface area contributed by atoms with Gasteiger partial charge in [0.1, 0.15) is 0 Å². The molecule has 7 aromatic carbocycles. The first-order chi connectivity index (χ1) is 19.3. The highest BCUT2D eigenvalue weighted by Gasteiger charge is 2.22. The van der Waals surface area contributed by atoms with Crippen molar-refractivity contribution in [3.05, 3.63) is 133 Å². The Balaban J connectivity index is 1.23. The summed E-state index contributed by atoms with van der Waals surface area (Å²) < 4.78 is 2.67. The van der Waals surface area contributed by atoms with Gasteiger partial charge in [-0.2, -0.15) is 0 Å². The predicted octanol–water partition coefficient (Wildman–Crippen LogP) is 11.3. The van der Waals surface area contributed by atoms with E-state index in [1.54, 1.807) is 0 Å². The van der Waals surface area contributed by atoms with E-state index in [1.165, 1.54) is 86.2 Å². The number of hydrogen-bond acceptors (Lipinski definition) is 1. The molecule has 180 valence electrons. The fraction of sp³-hybridized carbons (Fsp3) is 0. The molecule has 9 rings (SSSR count). The maximum Gasteiger partial charge on any atom is 0.0355 e. The topological polar surface area (TPSA) is 0 Å². The molecule has 1 aromatic heterocycles. The zero-order valence-corrected chi connectivity index (χ0v) is 21.9. The summed E-state index contributed by atoms with van der Waals surface area (Å²) in [5, 5.41) is 7.94. The summed E-state index contributed by atoms with van der Waals surface area (Å²) in [7, 11) is 0. The molecule has 0 N–H and O–H groups in total. The van der Waals surface area contributed by atoms with Gasteiger partial charge in [0.2, 0.25) is 0 Å². The lowest BCUT2D eigenvalue weighted by molar-refractivity contribution is 1.69. The first kappa shape index (κ1) is 21.2. The molecule has 0 amide bonds. The molecule has 0 nitrogen and oxygen atoms in total. The fourth-order valence-corrected chi connectivity index (χ4v) is 7.62. The number of fused-ring (bicyclic) bond motifs is 7. The van der Waals surface area contributed by atoms with Gasteiger partial charge in [0.25, 0.3) is 0 Å². The molecule has 1 heteroatoms. The number of thiophene rings is 1. The quantitative estimate of drug-likeness (QED) is 0.217. The largest absolute Gasteiger partial charge is 0.135 e. The van der Waals surface area contributed by atoms with Crippen molar-refractivity contribution in [1.82, 2.24) is 0 Å². The van der Waals surface area contributed by atoms with Crippen LogP contribution in [0.3, 0.4) is 0 Å². The molecule has 0 saturated heterocycles. The van der Waals surface area contributed by atoms with Crippen molar-refractivity contribution < 1.29 is 0 Å². The minimum atomic E-state index is 1.26. The third-order valence-electron chi connectivity index (χ3n) is 8.41. The molecule has 0 aliphatic heterocycles. The maximum absolute atomic E-state index is 2.41. The van der Waals surface area contributed by atoms with E-state index in [1.807, 2.05) is 11.3 Å². The van der Waals surface area contributed by atoms with Gasteiger partial charge in [-0.05, 0) is 96.4 Å². The second kappa shape index (κ2) is 7.89. The van der Waals surface area contributed by atoms with Gasteiger partial charge in [0, 0.05) is 20.2 Å². The van der Waals surface area contributed by atoms with Crippen LogP contribution in [0.15, 0.2) is 133 Å². The average molecular weight is 511 g/mol. The van der Waals surface area contributed by atoms with Gasteiger partial charge in [0.05, 0.1) is 0 Å². The third kappa shape index (κ3) is 3.05. The molecule has 0 atom stereocenters. The van der Waals surface area contributed by atoms with Gasteiger partial charge in [-0.25, -0.2) is 0 Å². The van der Waals surface area contributed by atoms with Crippen LogP contribution in [0.5, 0.6) is 0 Å². The minimum absolute atomic E-state index is 1.26. The van der Waals surface area contributed by atoms with Crippen LogP contribution in [0, 0.1) is 0 Å². The van der Waals surface area contributed by atoms with Crippen LogP contribution < -0.4 is 0 Å². The second-order valence-electron chi connectivity index (χ2n) is 10.5.